The van der Waals surface area contributed by atoms with Gasteiger partial charge in [-0.1, -0.05) is 18.2 Å². The van der Waals surface area contributed by atoms with Crippen molar-refractivity contribution in [3.63, 3.8) is 0 Å². The van der Waals surface area contributed by atoms with Crippen LogP contribution in [0.2, 0.25) is 0 Å². The summed E-state index contributed by atoms with van der Waals surface area (Å²) in [7, 11) is 0. The van der Waals surface area contributed by atoms with Crippen molar-refractivity contribution < 1.29 is 9.59 Å². The van der Waals surface area contributed by atoms with Crippen molar-refractivity contribution in [3.05, 3.63) is 36.0 Å². The number of aromatic nitrogens is 1. The number of nitrogens with one attached hydrogen (secondary N) is 3. The lowest BCUT2D eigenvalue weighted by Gasteiger charge is -2.19. The number of amides is 2. The number of rotatable bonds is 3. The first-order chi connectivity index (χ1) is 10.3. The fourth-order valence-corrected chi connectivity index (χ4v) is 2.47. The molecular formula is C15H16N4O2. The van der Waals surface area contributed by atoms with Crippen LogP contribution in [0.25, 0.3) is 10.9 Å². The second kappa shape index (κ2) is 5.78. The van der Waals surface area contributed by atoms with Crippen molar-refractivity contribution in [1.29, 1.82) is 0 Å². The van der Waals surface area contributed by atoms with E-state index in [-0.39, 0.29) is 11.8 Å². The molecule has 1 aliphatic heterocycles. The van der Waals surface area contributed by atoms with Gasteiger partial charge in [-0.3, -0.25) is 9.59 Å². The van der Waals surface area contributed by atoms with Gasteiger partial charge in [0.15, 0.2) is 0 Å². The van der Waals surface area contributed by atoms with Gasteiger partial charge < -0.3 is 10.3 Å². The van der Waals surface area contributed by atoms with Gasteiger partial charge in [0.1, 0.15) is 5.92 Å². The second-order valence-electron chi connectivity index (χ2n) is 5.01. The van der Waals surface area contributed by atoms with Crippen LogP contribution in [0.1, 0.15) is 18.4 Å². The molecule has 0 unspecified atom stereocenters. The van der Waals surface area contributed by atoms with Crippen molar-refractivity contribution in [2.24, 2.45) is 11.0 Å². The molecule has 1 aromatic heterocycles. The Labute approximate surface area is 121 Å². The van der Waals surface area contributed by atoms with Crippen molar-refractivity contribution in [2.45, 2.75) is 12.8 Å². The van der Waals surface area contributed by atoms with Gasteiger partial charge in [0.25, 0.3) is 5.91 Å². The summed E-state index contributed by atoms with van der Waals surface area (Å²) in [6.45, 7) is 0.640. The predicted molar refractivity (Wildman–Crippen MR) is 79.8 cm³/mol. The third-order valence-corrected chi connectivity index (χ3v) is 3.60. The predicted octanol–water partition coefficient (Wildman–Crippen LogP) is 1.14. The molecule has 2 heterocycles. The van der Waals surface area contributed by atoms with Gasteiger partial charge in [0, 0.05) is 29.2 Å². The van der Waals surface area contributed by atoms with Gasteiger partial charge >= 0.3 is 0 Å². The first kappa shape index (κ1) is 13.4. The quantitative estimate of drug-likeness (QED) is 0.448. The Kier molecular flexibility index (Phi) is 3.68. The summed E-state index contributed by atoms with van der Waals surface area (Å²) in [5, 5.41) is 7.67. The number of piperidine rings is 1. The van der Waals surface area contributed by atoms with E-state index >= 15 is 0 Å². The maximum absolute atomic E-state index is 11.9. The monoisotopic (exact) mass is 284 g/mol. The minimum Gasteiger partial charge on any atom is -0.361 e. The molecule has 0 radical (unpaired) electrons. The fourth-order valence-electron chi connectivity index (χ4n) is 2.47. The van der Waals surface area contributed by atoms with E-state index in [9.17, 15) is 9.59 Å². The molecule has 1 aromatic carbocycles. The van der Waals surface area contributed by atoms with Gasteiger partial charge in [0.05, 0.1) is 6.21 Å². The number of hydrogen-bond acceptors (Lipinski definition) is 3. The summed E-state index contributed by atoms with van der Waals surface area (Å²) in [6.07, 6.45) is 4.79. The highest BCUT2D eigenvalue weighted by molar-refractivity contribution is 6.02. The van der Waals surface area contributed by atoms with E-state index in [1.54, 1.807) is 6.21 Å². The molecule has 0 saturated carbocycles. The molecule has 6 heteroatoms. The van der Waals surface area contributed by atoms with Crippen molar-refractivity contribution in [3.8, 4) is 0 Å². The first-order valence-corrected chi connectivity index (χ1v) is 6.92. The van der Waals surface area contributed by atoms with Crippen LogP contribution in [0.3, 0.4) is 0 Å². The van der Waals surface area contributed by atoms with E-state index in [0.29, 0.717) is 13.0 Å². The van der Waals surface area contributed by atoms with Crippen LogP contribution in [-0.4, -0.2) is 29.6 Å². The van der Waals surface area contributed by atoms with Crippen molar-refractivity contribution in [2.75, 3.05) is 6.54 Å². The lowest BCUT2D eigenvalue weighted by atomic mass is 9.98. The Balaban J connectivity index is 1.66. The minimum absolute atomic E-state index is 0.221. The number of hydrogen-bond donors (Lipinski definition) is 3. The van der Waals surface area contributed by atoms with E-state index in [1.807, 2.05) is 30.5 Å². The van der Waals surface area contributed by atoms with Gasteiger partial charge in [-0.15, -0.1) is 0 Å². The molecule has 1 aliphatic rings. The molecule has 1 saturated heterocycles. The average Bonchev–Trinajstić information content (AvgIpc) is 2.91. The molecule has 0 bridgehead atoms. The second-order valence-corrected chi connectivity index (χ2v) is 5.01. The van der Waals surface area contributed by atoms with Gasteiger partial charge in [0.2, 0.25) is 5.91 Å². The molecule has 3 N–H and O–H groups in total. The SMILES string of the molecule is O=C1NCCC[C@H]1C(=O)N/N=C\c1c[nH]c2ccccc12. The Bertz CT molecular complexity index is 705. The van der Waals surface area contributed by atoms with Gasteiger partial charge in [-0.25, -0.2) is 5.43 Å². The number of carbonyl (C=O) groups excluding carboxylic acids is 2. The highest BCUT2D eigenvalue weighted by atomic mass is 16.2. The number of carbonyl (C=O) groups is 2. The molecule has 108 valence electrons. The number of benzene rings is 1. The highest BCUT2D eigenvalue weighted by Crippen LogP contribution is 2.15. The lowest BCUT2D eigenvalue weighted by Crippen LogP contribution is -2.43. The van der Waals surface area contributed by atoms with Crippen LogP contribution >= 0.6 is 0 Å². The molecular weight excluding hydrogens is 268 g/mol. The summed E-state index contributed by atoms with van der Waals surface area (Å²) in [4.78, 5) is 26.6. The highest BCUT2D eigenvalue weighted by Gasteiger charge is 2.28. The van der Waals surface area contributed by atoms with Crippen LogP contribution in [0.15, 0.2) is 35.6 Å². The van der Waals surface area contributed by atoms with E-state index in [1.165, 1.54) is 0 Å². The maximum Gasteiger partial charge on any atom is 0.252 e. The zero-order chi connectivity index (χ0) is 14.7. The van der Waals surface area contributed by atoms with Crippen molar-refractivity contribution >= 4 is 28.9 Å². The molecule has 1 fully saturated rings. The summed E-state index contributed by atoms with van der Waals surface area (Å²) >= 11 is 0. The zero-order valence-corrected chi connectivity index (χ0v) is 11.4. The standard InChI is InChI=1S/C15H16N4O2/c20-14-12(5-3-7-16-14)15(21)19-18-9-10-8-17-13-6-2-1-4-11(10)13/h1-2,4,6,8-9,12,17H,3,5,7H2,(H,16,20)(H,19,21)/b18-9-/t12-/m1/s1. The van der Waals surface area contributed by atoms with Gasteiger partial charge in [-0.2, -0.15) is 5.10 Å². The molecule has 1 atom stereocenters. The Morgan fingerprint density at radius 3 is 3.10 bits per heavy atom. The Hall–Kier alpha value is -2.63. The molecule has 3 rings (SSSR count). The largest absolute Gasteiger partial charge is 0.361 e. The van der Waals surface area contributed by atoms with E-state index < -0.39 is 5.92 Å². The van der Waals surface area contributed by atoms with Crippen LogP contribution in [0, 0.1) is 5.92 Å². The minimum atomic E-state index is -0.640. The number of H-pyrrole nitrogens is 1. The van der Waals surface area contributed by atoms with Crippen LogP contribution in [0.5, 0.6) is 0 Å². The van der Waals surface area contributed by atoms with Crippen LogP contribution in [0.4, 0.5) is 0 Å². The number of nitrogens with zero attached hydrogens (tertiary/aromatic N) is 1. The number of fused-ring (bicyclic) bond motifs is 1. The molecule has 21 heavy (non-hydrogen) atoms. The van der Waals surface area contributed by atoms with Gasteiger partial charge in [-0.05, 0) is 18.9 Å². The summed E-state index contributed by atoms with van der Waals surface area (Å²) < 4.78 is 0. The summed E-state index contributed by atoms with van der Waals surface area (Å²) in [6, 6.07) is 7.84. The topological polar surface area (TPSA) is 86.3 Å². The molecule has 6 nitrogen and oxygen atoms in total. The average molecular weight is 284 g/mol. The van der Waals surface area contributed by atoms with Crippen molar-refractivity contribution in [1.82, 2.24) is 15.7 Å². The summed E-state index contributed by atoms with van der Waals surface area (Å²) in [5.41, 5.74) is 4.34. The number of para-hydroxylation sites is 1. The third-order valence-electron chi connectivity index (χ3n) is 3.60. The van der Waals surface area contributed by atoms with Crippen LogP contribution < -0.4 is 10.7 Å². The molecule has 2 amide bonds. The summed E-state index contributed by atoms with van der Waals surface area (Å²) in [5.74, 6) is -1.22. The maximum atomic E-state index is 11.9. The Morgan fingerprint density at radius 1 is 1.38 bits per heavy atom. The Morgan fingerprint density at radius 2 is 2.24 bits per heavy atom. The van der Waals surface area contributed by atoms with E-state index in [0.717, 1.165) is 22.9 Å². The zero-order valence-electron chi connectivity index (χ0n) is 11.4. The van der Waals surface area contributed by atoms with E-state index in [2.05, 4.69) is 20.8 Å². The normalized spacial score (nSPS) is 18.9. The van der Waals surface area contributed by atoms with Crippen LogP contribution in [-0.2, 0) is 9.59 Å². The van der Waals surface area contributed by atoms with E-state index in [4.69, 9.17) is 0 Å². The molecule has 2 aromatic rings. The number of hydrazone groups is 1. The molecule has 0 spiro atoms. The molecule has 0 aliphatic carbocycles. The smallest absolute Gasteiger partial charge is 0.252 e. The third kappa shape index (κ3) is 2.79. The first-order valence-electron chi connectivity index (χ1n) is 6.92. The lowest BCUT2D eigenvalue weighted by molar-refractivity contribution is -0.136. The fraction of sp³-hybridized carbons (Fsp3) is 0.267. The number of aromatic amines is 1.